The van der Waals surface area contributed by atoms with Gasteiger partial charge in [0.25, 0.3) is 11.3 Å². The molecular formula is C21H23N7O2. The van der Waals surface area contributed by atoms with Crippen molar-refractivity contribution in [2.75, 3.05) is 45.3 Å². The Labute approximate surface area is 173 Å². The molecule has 3 aromatic heterocycles. The highest BCUT2D eigenvalue weighted by Gasteiger charge is 2.21. The first-order valence-corrected chi connectivity index (χ1v) is 9.92. The number of likely N-dealkylation sites (N-methyl/N-ethyl adjacent to an activating group) is 1. The van der Waals surface area contributed by atoms with Gasteiger partial charge in [0.05, 0.1) is 23.7 Å². The van der Waals surface area contributed by atoms with E-state index in [0.29, 0.717) is 28.2 Å². The number of rotatable bonds is 3. The second-order valence-corrected chi connectivity index (χ2v) is 7.54. The molecule has 0 radical (unpaired) electrons. The van der Waals surface area contributed by atoms with Gasteiger partial charge in [0.1, 0.15) is 11.6 Å². The summed E-state index contributed by atoms with van der Waals surface area (Å²) >= 11 is 0. The van der Waals surface area contributed by atoms with E-state index in [-0.39, 0.29) is 5.56 Å². The highest BCUT2D eigenvalue weighted by atomic mass is 16.5. The molecule has 0 atom stereocenters. The van der Waals surface area contributed by atoms with Gasteiger partial charge in [0.15, 0.2) is 0 Å². The van der Waals surface area contributed by atoms with Gasteiger partial charge in [-0.1, -0.05) is 0 Å². The molecule has 1 aliphatic rings. The van der Waals surface area contributed by atoms with Crippen LogP contribution in [0.3, 0.4) is 0 Å². The van der Waals surface area contributed by atoms with Crippen LogP contribution in [0.4, 0.5) is 0 Å². The molecule has 0 bridgehead atoms. The van der Waals surface area contributed by atoms with E-state index in [4.69, 9.17) is 4.74 Å². The fourth-order valence-electron chi connectivity index (χ4n) is 3.92. The average Bonchev–Trinajstić information content (AvgIpc) is 3.13. The molecule has 0 unspecified atom stereocenters. The lowest BCUT2D eigenvalue weighted by molar-refractivity contribution is 0.286. The summed E-state index contributed by atoms with van der Waals surface area (Å²) in [4.78, 5) is 24.9. The number of piperazine rings is 1. The van der Waals surface area contributed by atoms with Crippen molar-refractivity contribution in [1.82, 2.24) is 29.2 Å². The molecule has 0 N–H and O–H groups in total. The summed E-state index contributed by atoms with van der Waals surface area (Å²) in [7, 11) is 3.72. The van der Waals surface area contributed by atoms with E-state index < -0.39 is 0 Å². The highest BCUT2D eigenvalue weighted by Crippen LogP contribution is 2.27. The molecule has 0 saturated carbocycles. The third-order valence-corrected chi connectivity index (χ3v) is 5.56. The van der Waals surface area contributed by atoms with Gasteiger partial charge in [-0.05, 0) is 44.3 Å². The van der Waals surface area contributed by atoms with Crippen LogP contribution < -0.4 is 15.3 Å². The van der Waals surface area contributed by atoms with Crippen LogP contribution in [0.5, 0.6) is 5.75 Å². The molecule has 5 rings (SSSR count). The number of pyridine rings is 1. The van der Waals surface area contributed by atoms with Gasteiger partial charge in [-0.15, -0.1) is 5.10 Å². The fraction of sp³-hybridized carbons (Fsp3) is 0.333. The zero-order valence-corrected chi connectivity index (χ0v) is 17.2. The van der Waals surface area contributed by atoms with Gasteiger partial charge >= 0.3 is 0 Å². The Kier molecular flexibility index (Phi) is 4.39. The van der Waals surface area contributed by atoms with E-state index in [1.54, 1.807) is 22.5 Å². The SMILES string of the molecule is COc1ccc(-c2c3c(=O)n(N4CCN(C)CC4)ccc3nc3nc(C)nn23)cc1. The predicted molar refractivity (Wildman–Crippen MR) is 115 cm³/mol. The minimum atomic E-state index is -0.106. The molecule has 4 heterocycles. The van der Waals surface area contributed by atoms with Crippen molar-refractivity contribution in [3.8, 4) is 17.0 Å². The van der Waals surface area contributed by atoms with Crippen molar-refractivity contribution in [2.24, 2.45) is 0 Å². The van der Waals surface area contributed by atoms with E-state index in [2.05, 4.69) is 32.0 Å². The molecule has 154 valence electrons. The standard InChI is InChI=1S/C21H23N7O2/c1-14-22-21-23-17-8-9-27(26-12-10-25(2)11-13-26)20(29)18(17)19(28(21)24-14)15-4-6-16(30-3)7-5-15/h4-9H,10-13H2,1-3H3. The fourth-order valence-corrected chi connectivity index (χ4v) is 3.92. The Hall–Kier alpha value is -3.46. The molecule has 0 amide bonds. The van der Waals surface area contributed by atoms with Crippen molar-refractivity contribution in [1.29, 1.82) is 0 Å². The lowest BCUT2D eigenvalue weighted by Gasteiger charge is -2.34. The number of aryl methyl sites for hydroxylation is 1. The molecule has 0 aliphatic carbocycles. The number of aromatic nitrogens is 5. The first-order chi connectivity index (χ1) is 14.5. The lowest BCUT2D eigenvalue weighted by Crippen LogP contribution is -2.52. The van der Waals surface area contributed by atoms with Crippen LogP contribution in [0.25, 0.3) is 27.9 Å². The second-order valence-electron chi connectivity index (χ2n) is 7.54. The van der Waals surface area contributed by atoms with Gasteiger partial charge < -0.3 is 14.6 Å². The number of fused-ring (bicyclic) bond motifs is 2. The number of nitrogens with zero attached hydrogens (tertiary/aromatic N) is 7. The summed E-state index contributed by atoms with van der Waals surface area (Å²) in [6.07, 6.45) is 1.81. The summed E-state index contributed by atoms with van der Waals surface area (Å²) in [6.45, 7) is 5.22. The van der Waals surface area contributed by atoms with Crippen molar-refractivity contribution in [3.05, 3.63) is 52.7 Å². The molecule has 9 heteroatoms. The maximum Gasteiger partial charge on any atom is 0.280 e. The summed E-state index contributed by atoms with van der Waals surface area (Å²) in [5.41, 5.74) is 2.04. The van der Waals surface area contributed by atoms with Gasteiger partial charge in [-0.3, -0.25) is 4.79 Å². The molecule has 1 fully saturated rings. The van der Waals surface area contributed by atoms with Crippen LogP contribution in [0.15, 0.2) is 41.3 Å². The van der Waals surface area contributed by atoms with E-state index in [1.165, 1.54) is 0 Å². The number of ether oxygens (including phenoxy) is 1. The maximum atomic E-state index is 13.7. The average molecular weight is 405 g/mol. The summed E-state index contributed by atoms with van der Waals surface area (Å²) in [6, 6.07) is 9.48. The second kappa shape index (κ2) is 7.10. The zero-order valence-electron chi connectivity index (χ0n) is 17.2. The van der Waals surface area contributed by atoms with Gasteiger partial charge in [0, 0.05) is 37.9 Å². The van der Waals surface area contributed by atoms with E-state index in [0.717, 1.165) is 37.5 Å². The van der Waals surface area contributed by atoms with Crippen LogP contribution in [0, 0.1) is 6.92 Å². The molecule has 1 aliphatic heterocycles. The highest BCUT2D eigenvalue weighted by molar-refractivity contribution is 5.93. The Morgan fingerprint density at radius 2 is 1.73 bits per heavy atom. The normalized spacial score (nSPS) is 15.2. The molecular weight excluding hydrogens is 382 g/mol. The number of benzene rings is 1. The first-order valence-electron chi connectivity index (χ1n) is 9.92. The predicted octanol–water partition coefficient (Wildman–Crippen LogP) is 1.31. The summed E-state index contributed by atoms with van der Waals surface area (Å²) in [5, 5.41) is 7.13. The molecule has 1 saturated heterocycles. The van der Waals surface area contributed by atoms with Crippen LogP contribution in [0.2, 0.25) is 0 Å². The van der Waals surface area contributed by atoms with Crippen LogP contribution in [-0.4, -0.2) is 69.5 Å². The third-order valence-electron chi connectivity index (χ3n) is 5.56. The maximum absolute atomic E-state index is 13.7. The lowest BCUT2D eigenvalue weighted by atomic mass is 10.1. The molecule has 4 aromatic rings. The largest absolute Gasteiger partial charge is 0.497 e. The Morgan fingerprint density at radius 3 is 2.43 bits per heavy atom. The van der Waals surface area contributed by atoms with E-state index in [9.17, 15) is 4.79 Å². The number of hydrogen-bond acceptors (Lipinski definition) is 7. The topological polar surface area (TPSA) is 80.8 Å². The Bertz CT molecular complexity index is 1280. The zero-order chi connectivity index (χ0) is 20.8. The summed E-state index contributed by atoms with van der Waals surface area (Å²) in [5.74, 6) is 1.83. The quantitative estimate of drug-likeness (QED) is 0.508. The monoisotopic (exact) mass is 405 g/mol. The smallest absolute Gasteiger partial charge is 0.280 e. The van der Waals surface area contributed by atoms with Crippen molar-refractivity contribution in [2.45, 2.75) is 6.92 Å². The van der Waals surface area contributed by atoms with Crippen molar-refractivity contribution in [3.63, 3.8) is 0 Å². The number of hydrogen-bond donors (Lipinski definition) is 0. The van der Waals surface area contributed by atoms with Crippen molar-refractivity contribution >= 4 is 16.7 Å². The van der Waals surface area contributed by atoms with Crippen LogP contribution in [-0.2, 0) is 0 Å². The molecule has 30 heavy (non-hydrogen) atoms. The van der Waals surface area contributed by atoms with Crippen LogP contribution in [0.1, 0.15) is 5.82 Å². The third kappa shape index (κ3) is 2.98. The van der Waals surface area contributed by atoms with Crippen molar-refractivity contribution < 1.29 is 4.74 Å². The molecule has 1 aromatic carbocycles. The first kappa shape index (κ1) is 18.6. The van der Waals surface area contributed by atoms with Gasteiger partial charge in [0.2, 0.25) is 0 Å². The van der Waals surface area contributed by atoms with Gasteiger partial charge in [-0.2, -0.15) is 9.50 Å². The molecule has 9 nitrogen and oxygen atoms in total. The van der Waals surface area contributed by atoms with E-state index in [1.807, 2.05) is 37.3 Å². The van der Waals surface area contributed by atoms with E-state index >= 15 is 0 Å². The molecule has 0 spiro atoms. The summed E-state index contributed by atoms with van der Waals surface area (Å²) < 4.78 is 8.66. The Morgan fingerprint density at radius 1 is 1.00 bits per heavy atom. The minimum absolute atomic E-state index is 0.106. The number of methoxy groups -OCH3 is 1. The Balaban J connectivity index is 1.78. The van der Waals surface area contributed by atoms with Crippen LogP contribution >= 0.6 is 0 Å². The van der Waals surface area contributed by atoms with Gasteiger partial charge in [-0.25, -0.2) is 9.66 Å². The minimum Gasteiger partial charge on any atom is -0.497 e.